The van der Waals surface area contributed by atoms with Gasteiger partial charge in [-0.05, 0) is 34.9 Å². The molecule has 0 radical (unpaired) electrons. The molecule has 1 aliphatic rings. The summed E-state index contributed by atoms with van der Waals surface area (Å²) in [6.45, 7) is 5.58. The lowest BCUT2D eigenvalue weighted by atomic mass is 9.93. The molecule has 0 spiro atoms. The molecule has 2 unspecified atom stereocenters. The largest absolute Gasteiger partial charge is 0.310 e. The summed E-state index contributed by atoms with van der Waals surface area (Å²) in [7, 11) is 0. The molecule has 1 heterocycles. The first kappa shape index (κ1) is 13.0. The number of nitrogens with one attached hydrogen (secondary N) is 1. The predicted molar refractivity (Wildman–Crippen MR) is 85.7 cm³/mol. The molecule has 19 heavy (non-hydrogen) atoms. The van der Waals surface area contributed by atoms with Crippen LogP contribution in [0.5, 0.6) is 0 Å². The Labute approximate surface area is 119 Å². The SMILES string of the molecule is CCNC1CC(C)SCc2c1ccc1ccccc21. The van der Waals surface area contributed by atoms with Crippen LogP contribution in [0.2, 0.25) is 0 Å². The van der Waals surface area contributed by atoms with Crippen LogP contribution in [-0.2, 0) is 5.75 Å². The second kappa shape index (κ2) is 5.56. The van der Waals surface area contributed by atoms with Gasteiger partial charge < -0.3 is 5.32 Å². The van der Waals surface area contributed by atoms with E-state index in [0.717, 1.165) is 17.5 Å². The summed E-state index contributed by atoms with van der Waals surface area (Å²) in [6, 6.07) is 13.9. The van der Waals surface area contributed by atoms with Crippen molar-refractivity contribution in [2.75, 3.05) is 6.54 Å². The van der Waals surface area contributed by atoms with Crippen LogP contribution >= 0.6 is 11.8 Å². The Balaban J connectivity index is 2.14. The molecular weight excluding hydrogens is 250 g/mol. The first-order valence-electron chi connectivity index (χ1n) is 7.15. The number of hydrogen-bond acceptors (Lipinski definition) is 2. The van der Waals surface area contributed by atoms with Crippen LogP contribution in [0.15, 0.2) is 36.4 Å². The van der Waals surface area contributed by atoms with Crippen LogP contribution in [0.4, 0.5) is 0 Å². The average molecular weight is 271 g/mol. The third-order valence-electron chi connectivity index (χ3n) is 3.98. The van der Waals surface area contributed by atoms with Gasteiger partial charge >= 0.3 is 0 Å². The minimum atomic E-state index is 0.509. The van der Waals surface area contributed by atoms with E-state index in [-0.39, 0.29) is 0 Å². The highest BCUT2D eigenvalue weighted by atomic mass is 32.2. The monoisotopic (exact) mass is 271 g/mol. The predicted octanol–water partition coefficient (Wildman–Crippen LogP) is 4.52. The van der Waals surface area contributed by atoms with Crippen LogP contribution in [0.25, 0.3) is 10.8 Å². The maximum atomic E-state index is 3.66. The molecule has 0 aromatic heterocycles. The Morgan fingerprint density at radius 3 is 2.89 bits per heavy atom. The molecular formula is C17H21NS. The van der Waals surface area contributed by atoms with Crippen molar-refractivity contribution >= 4 is 22.5 Å². The van der Waals surface area contributed by atoms with E-state index in [2.05, 4.69) is 67.3 Å². The van der Waals surface area contributed by atoms with Crippen molar-refractivity contribution in [3.8, 4) is 0 Å². The summed E-state index contributed by atoms with van der Waals surface area (Å²) >= 11 is 2.09. The molecule has 1 aliphatic heterocycles. The molecule has 0 fully saturated rings. The summed E-state index contributed by atoms with van der Waals surface area (Å²) < 4.78 is 0. The van der Waals surface area contributed by atoms with E-state index in [1.54, 1.807) is 5.56 Å². The highest BCUT2D eigenvalue weighted by Crippen LogP contribution is 2.38. The Kier molecular flexibility index (Phi) is 3.81. The van der Waals surface area contributed by atoms with Gasteiger partial charge in [0.1, 0.15) is 0 Å². The van der Waals surface area contributed by atoms with Crippen molar-refractivity contribution in [2.24, 2.45) is 0 Å². The average Bonchev–Trinajstić information content (AvgIpc) is 2.59. The molecule has 0 saturated carbocycles. The fraction of sp³-hybridized carbons (Fsp3) is 0.412. The number of hydrogen-bond donors (Lipinski definition) is 1. The summed E-state index contributed by atoms with van der Waals surface area (Å²) in [5, 5.41) is 7.18. The standard InChI is InChI=1S/C17H21NS/c1-3-18-17-10-12(2)19-11-16-14-7-5-4-6-13(14)8-9-15(16)17/h4-9,12,17-18H,3,10-11H2,1-2H3. The Morgan fingerprint density at radius 2 is 2.05 bits per heavy atom. The van der Waals surface area contributed by atoms with Crippen LogP contribution in [0, 0.1) is 0 Å². The molecule has 0 bridgehead atoms. The molecule has 2 aromatic rings. The highest BCUT2D eigenvalue weighted by molar-refractivity contribution is 7.99. The third-order valence-corrected chi connectivity index (χ3v) is 5.20. The highest BCUT2D eigenvalue weighted by Gasteiger charge is 2.23. The van der Waals surface area contributed by atoms with E-state index in [1.165, 1.54) is 22.8 Å². The first-order chi connectivity index (χ1) is 9.29. The number of rotatable bonds is 2. The van der Waals surface area contributed by atoms with Gasteiger partial charge in [-0.1, -0.05) is 50.2 Å². The van der Waals surface area contributed by atoms with Crippen molar-refractivity contribution < 1.29 is 0 Å². The maximum absolute atomic E-state index is 3.66. The van der Waals surface area contributed by atoms with Gasteiger partial charge in [0.2, 0.25) is 0 Å². The van der Waals surface area contributed by atoms with E-state index in [4.69, 9.17) is 0 Å². The smallest absolute Gasteiger partial charge is 0.0333 e. The lowest BCUT2D eigenvalue weighted by molar-refractivity contribution is 0.516. The van der Waals surface area contributed by atoms with Gasteiger partial charge in [-0.3, -0.25) is 0 Å². The van der Waals surface area contributed by atoms with E-state index in [1.807, 2.05) is 0 Å². The zero-order chi connectivity index (χ0) is 13.2. The molecule has 2 heteroatoms. The fourth-order valence-electron chi connectivity index (χ4n) is 3.03. The van der Waals surface area contributed by atoms with Crippen molar-refractivity contribution in [1.29, 1.82) is 0 Å². The molecule has 0 aliphatic carbocycles. The molecule has 2 aromatic carbocycles. The van der Waals surface area contributed by atoms with Crippen LogP contribution < -0.4 is 5.32 Å². The van der Waals surface area contributed by atoms with Gasteiger partial charge in [0.05, 0.1) is 0 Å². The molecule has 0 saturated heterocycles. The van der Waals surface area contributed by atoms with Gasteiger partial charge in [0, 0.05) is 17.0 Å². The summed E-state index contributed by atoms with van der Waals surface area (Å²) in [5.41, 5.74) is 3.05. The second-order valence-electron chi connectivity index (χ2n) is 5.32. The molecule has 1 N–H and O–H groups in total. The van der Waals surface area contributed by atoms with Crippen molar-refractivity contribution in [1.82, 2.24) is 5.32 Å². The Hall–Kier alpha value is -0.990. The quantitative estimate of drug-likeness (QED) is 0.862. The van der Waals surface area contributed by atoms with Gasteiger partial charge in [-0.2, -0.15) is 11.8 Å². The van der Waals surface area contributed by atoms with E-state index in [9.17, 15) is 0 Å². The summed E-state index contributed by atoms with van der Waals surface area (Å²) in [4.78, 5) is 0. The normalized spacial score (nSPS) is 23.1. The van der Waals surface area contributed by atoms with Gasteiger partial charge in [-0.15, -0.1) is 0 Å². The molecule has 1 nitrogen and oxygen atoms in total. The fourth-order valence-corrected chi connectivity index (χ4v) is 4.13. The van der Waals surface area contributed by atoms with E-state index in [0.29, 0.717) is 6.04 Å². The minimum absolute atomic E-state index is 0.509. The third kappa shape index (κ3) is 2.52. The van der Waals surface area contributed by atoms with Crippen LogP contribution in [0.3, 0.4) is 0 Å². The van der Waals surface area contributed by atoms with E-state index >= 15 is 0 Å². The van der Waals surface area contributed by atoms with Gasteiger partial charge in [-0.25, -0.2) is 0 Å². The second-order valence-corrected chi connectivity index (χ2v) is 6.75. The Bertz CT molecular complexity index is 578. The van der Waals surface area contributed by atoms with Crippen molar-refractivity contribution in [3.05, 3.63) is 47.5 Å². The lowest BCUT2D eigenvalue weighted by Crippen LogP contribution is -2.23. The van der Waals surface area contributed by atoms with Gasteiger partial charge in [0.25, 0.3) is 0 Å². The van der Waals surface area contributed by atoms with Gasteiger partial charge in [0.15, 0.2) is 0 Å². The minimum Gasteiger partial charge on any atom is -0.310 e. The molecule has 3 rings (SSSR count). The summed E-state index contributed by atoms with van der Waals surface area (Å²) in [5.74, 6) is 1.14. The topological polar surface area (TPSA) is 12.0 Å². The number of benzene rings is 2. The Morgan fingerprint density at radius 1 is 1.21 bits per heavy atom. The first-order valence-corrected chi connectivity index (χ1v) is 8.20. The molecule has 2 atom stereocenters. The molecule has 0 amide bonds. The van der Waals surface area contributed by atoms with Crippen LogP contribution in [-0.4, -0.2) is 11.8 Å². The lowest BCUT2D eigenvalue weighted by Gasteiger charge is -2.20. The summed E-state index contributed by atoms with van der Waals surface area (Å²) in [6.07, 6.45) is 1.23. The number of thioether (sulfide) groups is 1. The maximum Gasteiger partial charge on any atom is 0.0333 e. The zero-order valence-corrected chi connectivity index (χ0v) is 12.5. The van der Waals surface area contributed by atoms with Crippen LogP contribution in [0.1, 0.15) is 37.4 Å². The zero-order valence-electron chi connectivity index (χ0n) is 11.6. The number of fused-ring (bicyclic) bond motifs is 3. The molecule has 100 valence electrons. The van der Waals surface area contributed by atoms with Crippen molar-refractivity contribution in [3.63, 3.8) is 0 Å². The van der Waals surface area contributed by atoms with Crippen molar-refractivity contribution in [2.45, 2.75) is 37.3 Å². The van der Waals surface area contributed by atoms with E-state index < -0.39 is 0 Å².